The van der Waals surface area contributed by atoms with Gasteiger partial charge in [-0.25, -0.2) is 8.42 Å². The Kier molecular flexibility index (Phi) is 4.54. The van der Waals surface area contributed by atoms with Crippen LogP contribution in [0.2, 0.25) is 5.02 Å². The highest BCUT2D eigenvalue weighted by atomic mass is 35.5. The number of benzene rings is 3. The Labute approximate surface area is 164 Å². The SMILES string of the molecule is C=C[C@H]1c2ccccc2N(S(=O)(=O)c2ccc(Cl)cc2)[C@@H]1c1ccccc1. The summed E-state index contributed by atoms with van der Waals surface area (Å²) < 4.78 is 28.7. The van der Waals surface area contributed by atoms with Crippen molar-refractivity contribution in [2.75, 3.05) is 4.31 Å². The lowest BCUT2D eigenvalue weighted by Gasteiger charge is -2.29. The summed E-state index contributed by atoms with van der Waals surface area (Å²) in [5, 5.41) is 0.499. The first-order valence-corrected chi connectivity index (χ1v) is 10.4. The van der Waals surface area contributed by atoms with E-state index in [-0.39, 0.29) is 16.9 Å². The van der Waals surface area contributed by atoms with E-state index in [1.54, 1.807) is 24.3 Å². The second-order valence-electron chi connectivity index (χ2n) is 6.43. The van der Waals surface area contributed by atoms with Gasteiger partial charge in [0.2, 0.25) is 0 Å². The van der Waals surface area contributed by atoms with Crippen molar-refractivity contribution in [1.82, 2.24) is 0 Å². The maximum Gasteiger partial charge on any atom is 0.264 e. The normalized spacial score (nSPS) is 18.9. The Hall–Kier alpha value is -2.56. The molecule has 0 spiro atoms. The van der Waals surface area contributed by atoms with E-state index in [0.717, 1.165) is 11.1 Å². The fourth-order valence-corrected chi connectivity index (χ4v) is 5.49. The van der Waals surface area contributed by atoms with E-state index in [1.165, 1.54) is 4.31 Å². The van der Waals surface area contributed by atoms with Crippen LogP contribution in [0.25, 0.3) is 0 Å². The molecule has 1 heterocycles. The minimum absolute atomic E-state index is 0.134. The number of para-hydroxylation sites is 1. The van der Waals surface area contributed by atoms with E-state index < -0.39 is 10.0 Å². The smallest absolute Gasteiger partial charge is 0.258 e. The largest absolute Gasteiger partial charge is 0.264 e. The van der Waals surface area contributed by atoms with Gasteiger partial charge in [0, 0.05) is 10.9 Å². The second kappa shape index (κ2) is 6.87. The highest BCUT2D eigenvalue weighted by Gasteiger charge is 2.44. The minimum atomic E-state index is -3.78. The number of rotatable bonds is 4. The molecule has 136 valence electrons. The van der Waals surface area contributed by atoms with E-state index in [9.17, 15) is 8.42 Å². The molecular weight excluding hydrogens is 378 g/mol. The van der Waals surface area contributed by atoms with Crippen molar-refractivity contribution < 1.29 is 8.42 Å². The predicted octanol–water partition coefficient (Wildman–Crippen LogP) is 5.56. The van der Waals surface area contributed by atoms with Crippen LogP contribution in [-0.2, 0) is 10.0 Å². The molecule has 0 saturated carbocycles. The molecule has 0 unspecified atom stereocenters. The van der Waals surface area contributed by atoms with Gasteiger partial charge in [-0.1, -0.05) is 66.2 Å². The fourth-order valence-electron chi connectivity index (χ4n) is 3.68. The second-order valence-corrected chi connectivity index (χ2v) is 8.68. The molecule has 0 aliphatic carbocycles. The summed E-state index contributed by atoms with van der Waals surface area (Å²) in [5.41, 5.74) is 2.57. The third-order valence-corrected chi connectivity index (χ3v) is 6.95. The summed E-state index contributed by atoms with van der Waals surface area (Å²) in [5.74, 6) is -0.134. The zero-order valence-corrected chi connectivity index (χ0v) is 16.1. The molecule has 3 aromatic rings. The third kappa shape index (κ3) is 2.95. The number of fused-ring (bicyclic) bond motifs is 1. The monoisotopic (exact) mass is 395 g/mol. The molecule has 3 aromatic carbocycles. The number of hydrogen-bond acceptors (Lipinski definition) is 2. The van der Waals surface area contributed by atoms with Crippen LogP contribution in [0.3, 0.4) is 0 Å². The van der Waals surface area contributed by atoms with Crippen molar-refractivity contribution in [2.45, 2.75) is 16.9 Å². The summed E-state index contributed by atoms with van der Waals surface area (Å²) >= 11 is 5.95. The molecule has 27 heavy (non-hydrogen) atoms. The fraction of sp³-hybridized carbons (Fsp3) is 0.0909. The van der Waals surface area contributed by atoms with Crippen LogP contribution < -0.4 is 4.31 Å². The Morgan fingerprint density at radius 1 is 0.889 bits per heavy atom. The summed E-state index contributed by atoms with van der Waals surface area (Å²) in [4.78, 5) is 0.215. The first kappa shape index (κ1) is 17.8. The summed E-state index contributed by atoms with van der Waals surface area (Å²) in [6, 6.07) is 23.2. The van der Waals surface area contributed by atoms with Crippen molar-refractivity contribution >= 4 is 27.3 Å². The average Bonchev–Trinajstić information content (AvgIpc) is 3.04. The van der Waals surface area contributed by atoms with Crippen LogP contribution in [-0.4, -0.2) is 8.42 Å². The number of nitrogens with zero attached hydrogens (tertiary/aromatic N) is 1. The summed E-state index contributed by atoms with van der Waals surface area (Å²) in [6.45, 7) is 3.98. The van der Waals surface area contributed by atoms with Gasteiger partial charge in [0.15, 0.2) is 0 Å². The molecule has 0 radical (unpaired) electrons. The molecule has 1 aliphatic rings. The average molecular weight is 396 g/mol. The molecule has 0 saturated heterocycles. The van der Waals surface area contributed by atoms with Crippen LogP contribution in [0.5, 0.6) is 0 Å². The highest BCUT2D eigenvalue weighted by Crippen LogP contribution is 2.51. The maximum absolute atomic E-state index is 13.6. The summed E-state index contributed by atoms with van der Waals surface area (Å²) in [7, 11) is -3.78. The lowest BCUT2D eigenvalue weighted by atomic mass is 9.91. The molecule has 0 aromatic heterocycles. The summed E-state index contributed by atoms with van der Waals surface area (Å²) in [6.07, 6.45) is 1.83. The van der Waals surface area contributed by atoms with Crippen molar-refractivity contribution in [3.8, 4) is 0 Å². The quantitative estimate of drug-likeness (QED) is 0.542. The molecule has 3 nitrogen and oxygen atoms in total. The van der Waals surface area contributed by atoms with Crippen LogP contribution in [0.1, 0.15) is 23.1 Å². The van der Waals surface area contributed by atoms with Crippen molar-refractivity contribution in [2.24, 2.45) is 0 Å². The van der Waals surface area contributed by atoms with Crippen LogP contribution in [0.4, 0.5) is 5.69 Å². The number of sulfonamides is 1. The van der Waals surface area contributed by atoms with Gasteiger partial charge in [-0.2, -0.15) is 0 Å². The number of hydrogen-bond donors (Lipinski definition) is 0. The van der Waals surface area contributed by atoms with Gasteiger partial charge in [-0.15, -0.1) is 6.58 Å². The van der Waals surface area contributed by atoms with E-state index in [1.807, 2.05) is 60.7 Å². The van der Waals surface area contributed by atoms with Gasteiger partial charge >= 0.3 is 0 Å². The van der Waals surface area contributed by atoms with Gasteiger partial charge in [0.05, 0.1) is 16.6 Å². The first-order chi connectivity index (χ1) is 13.0. The van der Waals surface area contributed by atoms with Gasteiger partial charge in [0.1, 0.15) is 0 Å². The maximum atomic E-state index is 13.6. The number of anilines is 1. The van der Waals surface area contributed by atoms with Gasteiger partial charge < -0.3 is 0 Å². The van der Waals surface area contributed by atoms with Gasteiger partial charge in [0.25, 0.3) is 10.0 Å². The molecule has 0 N–H and O–H groups in total. The molecule has 0 bridgehead atoms. The molecule has 4 rings (SSSR count). The van der Waals surface area contributed by atoms with Crippen molar-refractivity contribution in [3.63, 3.8) is 0 Å². The molecule has 1 aliphatic heterocycles. The van der Waals surface area contributed by atoms with Crippen LogP contribution in [0.15, 0.2) is 96.4 Å². The lowest BCUT2D eigenvalue weighted by Crippen LogP contribution is -2.33. The van der Waals surface area contributed by atoms with Crippen molar-refractivity contribution in [3.05, 3.63) is 108 Å². The highest BCUT2D eigenvalue weighted by molar-refractivity contribution is 7.92. The Bertz CT molecular complexity index is 1080. The standard InChI is InChI=1S/C22H18ClNO2S/c1-2-19-20-10-6-7-11-21(20)24(22(19)16-8-4-3-5-9-16)27(25,26)18-14-12-17(23)13-15-18/h2-15,19,22H,1H2/t19-,22+/m0/s1. The molecular formula is C22H18ClNO2S. The third-order valence-electron chi connectivity index (χ3n) is 4.89. The molecule has 0 fully saturated rings. The molecule has 5 heteroatoms. The van der Waals surface area contributed by atoms with E-state index in [2.05, 4.69) is 6.58 Å². The van der Waals surface area contributed by atoms with Crippen molar-refractivity contribution in [1.29, 1.82) is 0 Å². The Morgan fingerprint density at radius 2 is 1.52 bits per heavy atom. The molecule has 0 amide bonds. The zero-order chi connectivity index (χ0) is 19.0. The minimum Gasteiger partial charge on any atom is -0.258 e. The van der Waals surface area contributed by atoms with Gasteiger partial charge in [-0.3, -0.25) is 4.31 Å². The van der Waals surface area contributed by atoms with E-state index in [0.29, 0.717) is 10.7 Å². The number of halogens is 1. The Balaban J connectivity index is 1.94. The van der Waals surface area contributed by atoms with E-state index >= 15 is 0 Å². The molecule has 2 atom stereocenters. The zero-order valence-electron chi connectivity index (χ0n) is 14.5. The topological polar surface area (TPSA) is 37.4 Å². The lowest BCUT2D eigenvalue weighted by molar-refractivity contribution is 0.576. The first-order valence-electron chi connectivity index (χ1n) is 8.60. The predicted molar refractivity (Wildman–Crippen MR) is 110 cm³/mol. The van der Waals surface area contributed by atoms with Crippen LogP contribution >= 0.6 is 11.6 Å². The van der Waals surface area contributed by atoms with Gasteiger partial charge in [-0.05, 0) is 41.5 Å². The van der Waals surface area contributed by atoms with E-state index in [4.69, 9.17) is 11.6 Å². The van der Waals surface area contributed by atoms with Crippen LogP contribution in [0, 0.1) is 0 Å². The Morgan fingerprint density at radius 3 is 2.19 bits per heavy atom.